The number of carbonyl (C=O) groups excluding carboxylic acids is 1. The quantitative estimate of drug-likeness (QED) is 0.673. The van der Waals surface area contributed by atoms with Crippen molar-refractivity contribution in [3.05, 3.63) is 0 Å². The van der Waals surface area contributed by atoms with Gasteiger partial charge in [-0.1, -0.05) is 28.8 Å². The summed E-state index contributed by atoms with van der Waals surface area (Å²) in [5.74, 6) is 1.06. The van der Waals surface area contributed by atoms with Gasteiger partial charge in [-0.25, -0.2) is 0 Å². The number of nitrogens with zero attached hydrogens (tertiary/aromatic N) is 1. The fraction of sp³-hybridized carbons (Fsp3) is 0.917. The van der Waals surface area contributed by atoms with E-state index in [-0.39, 0.29) is 10.2 Å². The maximum atomic E-state index is 12.2. The molecule has 0 spiro atoms. The lowest BCUT2D eigenvalue weighted by atomic mass is 9.85. The molecule has 86 valence electrons. The number of amides is 1. The highest BCUT2D eigenvalue weighted by atomic mass is 79.9. The first-order valence-corrected chi connectivity index (χ1v) is 6.79. The number of fused-ring (bicyclic) bond motifs is 1. The Labute approximate surface area is 101 Å². The van der Waals surface area contributed by atoms with Gasteiger partial charge in [-0.3, -0.25) is 4.79 Å². The monoisotopic (exact) mass is 273 g/mol. The van der Waals surface area contributed by atoms with Crippen molar-refractivity contribution in [3.8, 4) is 0 Å². The third-order valence-corrected chi connectivity index (χ3v) is 4.12. The molecule has 15 heavy (non-hydrogen) atoms. The zero-order chi connectivity index (χ0) is 11.1. The van der Waals surface area contributed by atoms with Crippen LogP contribution in [0.15, 0.2) is 0 Å². The molecule has 2 fully saturated rings. The van der Waals surface area contributed by atoms with Crippen LogP contribution in [-0.2, 0) is 4.79 Å². The van der Waals surface area contributed by atoms with Crippen LogP contribution in [0.2, 0.25) is 0 Å². The average Bonchev–Trinajstić information content (AvgIpc) is 2.58. The third kappa shape index (κ3) is 2.22. The minimum Gasteiger partial charge on any atom is -0.338 e. The Hall–Kier alpha value is -0.0500. The van der Waals surface area contributed by atoms with E-state index >= 15 is 0 Å². The van der Waals surface area contributed by atoms with Crippen LogP contribution in [0, 0.1) is 5.92 Å². The molecule has 1 heterocycles. The lowest BCUT2D eigenvalue weighted by molar-refractivity contribution is -0.134. The molecule has 3 heteroatoms. The highest BCUT2D eigenvalue weighted by Crippen LogP contribution is 2.38. The zero-order valence-corrected chi connectivity index (χ0v) is 11.2. The standard InChI is InChI=1S/C12H20BrNO/c1-12(2,13)11(15)14-8-7-9-5-3-4-6-10(9)14/h9-10H,3-8H2,1-2H3/t9-,10-/m0/s1. The lowest BCUT2D eigenvalue weighted by Crippen LogP contribution is -2.46. The predicted molar refractivity (Wildman–Crippen MR) is 65.1 cm³/mol. The highest BCUT2D eigenvalue weighted by Gasteiger charge is 2.41. The molecular formula is C12H20BrNO. The van der Waals surface area contributed by atoms with Gasteiger partial charge in [-0.05, 0) is 39.0 Å². The summed E-state index contributed by atoms with van der Waals surface area (Å²) in [6, 6.07) is 0.545. The molecule has 2 aliphatic rings. The maximum absolute atomic E-state index is 12.2. The molecule has 1 aliphatic carbocycles. The second-order valence-electron chi connectivity index (χ2n) is 5.37. The molecule has 0 aromatic carbocycles. The van der Waals surface area contributed by atoms with Crippen LogP contribution < -0.4 is 0 Å². The maximum Gasteiger partial charge on any atom is 0.239 e. The lowest BCUT2D eigenvalue weighted by Gasteiger charge is -2.34. The van der Waals surface area contributed by atoms with E-state index in [4.69, 9.17) is 0 Å². The van der Waals surface area contributed by atoms with Crippen molar-refractivity contribution in [3.63, 3.8) is 0 Å². The van der Waals surface area contributed by atoms with Gasteiger partial charge in [-0.15, -0.1) is 0 Å². The van der Waals surface area contributed by atoms with E-state index in [1.807, 2.05) is 13.8 Å². The van der Waals surface area contributed by atoms with E-state index in [2.05, 4.69) is 20.8 Å². The van der Waals surface area contributed by atoms with Gasteiger partial charge in [0.05, 0.1) is 4.32 Å². The van der Waals surface area contributed by atoms with Crippen LogP contribution in [0.25, 0.3) is 0 Å². The smallest absolute Gasteiger partial charge is 0.239 e. The Balaban J connectivity index is 2.08. The van der Waals surface area contributed by atoms with Gasteiger partial charge in [0.15, 0.2) is 0 Å². The largest absolute Gasteiger partial charge is 0.338 e. The molecule has 2 nitrogen and oxygen atoms in total. The van der Waals surface area contributed by atoms with Crippen LogP contribution in [0.1, 0.15) is 46.0 Å². The summed E-state index contributed by atoms with van der Waals surface area (Å²) in [7, 11) is 0. The molecule has 2 atom stereocenters. The van der Waals surface area contributed by atoms with Crippen molar-refractivity contribution in [1.29, 1.82) is 0 Å². The van der Waals surface area contributed by atoms with E-state index < -0.39 is 0 Å². The van der Waals surface area contributed by atoms with Gasteiger partial charge in [0.2, 0.25) is 5.91 Å². The first-order valence-electron chi connectivity index (χ1n) is 6.00. The summed E-state index contributed by atoms with van der Waals surface area (Å²) < 4.78 is -0.390. The Morgan fingerprint density at radius 1 is 1.27 bits per heavy atom. The average molecular weight is 274 g/mol. The predicted octanol–water partition coefficient (Wildman–Crippen LogP) is 2.95. The number of halogens is 1. The summed E-state index contributed by atoms with van der Waals surface area (Å²) in [5, 5.41) is 0. The van der Waals surface area contributed by atoms with E-state index in [1.54, 1.807) is 0 Å². The zero-order valence-electron chi connectivity index (χ0n) is 9.63. The Morgan fingerprint density at radius 2 is 1.93 bits per heavy atom. The fourth-order valence-electron chi connectivity index (χ4n) is 3.00. The molecule has 0 aromatic heterocycles. The van der Waals surface area contributed by atoms with Gasteiger partial charge < -0.3 is 4.90 Å². The Morgan fingerprint density at radius 3 is 2.60 bits per heavy atom. The summed E-state index contributed by atoms with van der Waals surface area (Å²) in [5.41, 5.74) is 0. The summed E-state index contributed by atoms with van der Waals surface area (Å²) in [6.07, 6.45) is 6.44. The number of hydrogen-bond acceptors (Lipinski definition) is 1. The minimum absolute atomic E-state index is 0.275. The van der Waals surface area contributed by atoms with E-state index in [0.717, 1.165) is 12.5 Å². The van der Waals surface area contributed by atoms with Crippen molar-refractivity contribution < 1.29 is 4.79 Å². The summed E-state index contributed by atoms with van der Waals surface area (Å²) >= 11 is 3.48. The van der Waals surface area contributed by atoms with Crippen LogP contribution in [0.3, 0.4) is 0 Å². The molecular weight excluding hydrogens is 254 g/mol. The van der Waals surface area contributed by atoms with Crippen molar-refractivity contribution in [2.75, 3.05) is 6.54 Å². The molecule has 1 saturated carbocycles. The molecule has 0 radical (unpaired) electrons. The summed E-state index contributed by atoms with van der Waals surface area (Å²) in [6.45, 7) is 4.88. The topological polar surface area (TPSA) is 20.3 Å². The van der Waals surface area contributed by atoms with Gasteiger partial charge in [0.25, 0.3) is 0 Å². The number of hydrogen-bond donors (Lipinski definition) is 0. The molecule has 1 saturated heterocycles. The van der Waals surface area contributed by atoms with Crippen LogP contribution in [-0.4, -0.2) is 27.7 Å². The van der Waals surface area contributed by atoms with Crippen LogP contribution in [0.5, 0.6) is 0 Å². The first kappa shape index (κ1) is 11.4. The molecule has 2 rings (SSSR count). The van der Waals surface area contributed by atoms with E-state index in [1.165, 1.54) is 32.1 Å². The first-order chi connectivity index (χ1) is 7.00. The number of alkyl halides is 1. The molecule has 0 aromatic rings. The number of rotatable bonds is 1. The molecule has 1 aliphatic heterocycles. The normalized spacial score (nSPS) is 31.5. The van der Waals surface area contributed by atoms with E-state index in [9.17, 15) is 4.79 Å². The summed E-state index contributed by atoms with van der Waals surface area (Å²) in [4.78, 5) is 14.3. The van der Waals surface area contributed by atoms with Crippen LogP contribution >= 0.6 is 15.9 Å². The van der Waals surface area contributed by atoms with Gasteiger partial charge in [0.1, 0.15) is 0 Å². The SMILES string of the molecule is CC(C)(Br)C(=O)N1CC[C@@H]2CCCC[C@@H]21. The molecule has 0 bridgehead atoms. The Bertz CT molecular complexity index is 259. The molecule has 1 amide bonds. The number of carbonyl (C=O) groups is 1. The van der Waals surface area contributed by atoms with E-state index in [0.29, 0.717) is 6.04 Å². The molecule has 0 N–H and O–H groups in total. The minimum atomic E-state index is -0.390. The highest BCUT2D eigenvalue weighted by molar-refractivity contribution is 9.10. The number of likely N-dealkylation sites (tertiary alicyclic amines) is 1. The van der Waals surface area contributed by atoms with Crippen molar-refractivity contribution >= 4 is 21.8 Å². The van der Waals surface area contributed by atoms with Crippen molar-refractivity contribution in [2.45, 2.75) is 56.3 Å². The van der Waals surface area contributed by atoms with Crippen molar-refractivity contribution in [1.82, 2.24) is 4.90 Å². The second-order valence-corrected chi connectivity index (χ2v) is 7.35. The fourth-order valence-corrected chi connectivity index (χ4v) is 3.23. The second kappa shape index (κ2) is 4.08. The molecule has 0 unspecified atom stereocenters. The van der Waals surface area contributed by atoms with Crippen molar-refractivity contribution in [2.24, 2.45) is 5.92 Å². The van der Waals surface area contributed by atoms with Gasteiger partial charge in [-0.2, -0.15) is 0 Å². The van der Waals surface area contributed by atoms with Crippen LogP contribution in [0.4, 0.5) is 0 Å². The van der Waals surface area contributed by atoms with Gasteiger partial charge >= 0.3 is 0 Å². The Kier molecular flexibility index (Phi) is 3.11. The van der Waals surface area contributed by atoms with Gasteiger partial charge in [0, 0.05) is 12.6 Å². The third-order valence-electron chi connectivity index (χ3n) is 3.78.